The highest BCUT2D eigenvalue weighted by Crippen LogP contribution is 2.31. The number of pyridine rings is 1. The van der Waals surface area contributed by atoms with Crippen LogP contribution in [0.2, 0.25) is 0 Å². The van der Waals surface area contributed by atoms with Gasteiger partial charge in [-0.05, 0) is 38.3 Å². The van der Waals surface area contributed by atoms with Crippen LogP contribution in [-0.4, -0.2) is 16.2 Å². The number of allylic oxidation sites excluding steroid dienone is 1. The molecule has 0 N–H and O–H groups in total. The fourth-order valence-corrected chi connectivity index (χ4v) is 3.04. The van der Waals surface area contributed by atoms with E-state index in [2.05, 4.69) is 17.1 Å². The minimum absolute atomic E-state index is 0.194. The maximum atomic E-state index is 11.0. The van der Waals surface area contributed by atoms with Gasteiger partial charge in [-0.25, -0.2) is 4.98 Å². The zero-order chi connectivity index (χ0) is 12.3. The van der Waals surface area contributed by atoms with Crippen LogP contribution in [0, 0.1) is 6.92 Å². The normalized spacial score (nSPS) is 19.2. The SMILES string of the molecule is Cc1ccc(C(=O)[O-])c(S[C@@H]2C=CCCC2)n1. The quantitative estimate of drug-likeness (QED) is 0.767. The molecule has 1 aliphatic rings. The lowest BCUT2D eigenvalue weighted by molar-refractivity contribution is -0.255. The Kier molecular flexibility index (Phi) is 3.84. The van der Waals surface area contributed by atoms with E-state index in [0.717, 1.165) is 25.0 Å². The van der Waals surface area contributed by atoms with Crippen molar-refractivity contribution in [2.24, 2.45) is 0 Å². The maximum absolute atomic E-state index is 11.0. The fraction of sp³-hybridized carbons (Fsp3) is 0.385. The Balaban J connectivity index is 2.23. The van der Waals surface area contributed by atoms with Crippen molar-refractivity contribution in [3.63, 3.8) is 0 Å². The highest BCUT2D eigenvalue weighted by molar-refractivity contribution is 8.00. The zero-order valence-corrected chi connectivity index (χ0v) is 10.5. The van der Waals surface area contributed by atoms with Crippen LogP contribution in [0.4, 0.5) is 0 Å². The van der Waals surface area contributed by atoms with Crippen LogP contribution in [0.5, 0.6) is 0 Å². The van der Waals surface area contributed by atoms with E-state index < -0.39 is 5.97 Å². The summed E-state index contributed by atoms with van der Waals surface area (Å²) in [5, 5.41) is 11.9. The largest absolute Gasteiger partial charge is 0.545 e. The van der Waals surface area contributed by atoms with E-state index in [-0.39, 0.29) is 5.56 Å². The number of carbonyl (C=O) groups excluding carboxylic acids is 1. The summed E-state index contributed by atoms with van der Waals surface area (Å²) in [6.45, 7) is 1.86. The summed E-state index contributed by atoms with van der Waals surface area (Å²) in [5.74, 6) is -1.15. The molecule has 0 unspecified atom stereocenters. The summed E-state index contributed by atoms with van der Waals surface area (Å²) < 4.78 is 0. The van der Waals surface area contributed by atoms with Crippen molar-refractivity contribution in [3.8, 4) is 0 Å². The second-order valence-corrected chi connectivity index (χ2v) is 5.34. The average molecular weight is 248 g/mol. The number of aromatic carboxylic acids is 1. The molecule has 0 saturated heterocycles. The number of carbonyl (C=O) groups is 1. The van der Waals surface area contributed by atoms with Crippen LogP contribution in [0.25, 0.3) is 0 Å². The number of rotatable bonds is 3. The molecule has 1 atom stereocenters. The summed E-state index contributed by atoms with van der Waals surface area (Å²) in [7, 11) is 0. The highest BCUT2D eigenvalue weighted by atomic mass is 32.2. The van der Waals surface area contributed by atoms with Gasteiger partial charge in [0.25, 0.3) is 0 Å². The molecule has 0 bridgehead atoms. The van der Waals surface area contributed by atoms with E-state index in [1.807, 2.05) is 6.92 Å². The van der Waals surface area contributed by atoms with Crippen molar-refractivity contribution in [3.05, 3.63) is 35.5 Å². The molecule has 0 radical (unpaired) electrons. The van der Waals surface area contributed by atoms with Crippen LogP contribution in [-0.2, 0) is 0 Å². The lowest BCUT2D eigenvalue weighted by atomic mass is 10.1. The first-order valence-electron chi connectivity index (χ1n) is 5.69. The Morgan fingerprint density at radius 2 is 2.35 bits per heavy atom. The molecule has 1 aromatic rings. The van der Waals surface area contributed by atoms with Gasteiger partial charge in [0.2, 0.25) is 0 Å². The van der Waals surface area contributed by atoms with Gasteiger partial charge in [0, 0.05) is 16.5 Å². The molecule has 1 aliphatic carbocycles. The van der Waals surface area contributed by atoms with Gasteiger partial charge in [-0.2, -0.15) is 0 Å². The molecule has 17 heavy (non-hydrogen) atoms. The van der Waals surface area contributed by atoms with Gasteiger partial charge in [0.1, 0.15) is 5.03 Å². The third kappa shape index (κ3) is 3.09. The predicted molar refractivity (Wildman–Crippen MR) is 65.9 cm³/mol. The van der Waals surface area contributed by atoms with Crippen molar-refractivity contribution in [1.29, 1.82) is 0 Å². The van der Waals surface area contributed by atoms with Gasteiger partial charge in [-0.3, -0.25) is 0 Å². The van der Waals surface area contributed by atoms with E-state index in [9.17, 15) is 9.90 Å². The van der Waals surface area contributed by atoms with Crippen LogP contribution in [0.1, 0.15) is 35.3 Å². The monoisotopic (exact) mass is 248 g/mol. The molecule has 0 amide bonds. The minimum atomic E-state index is -1.15. The molecular formula is C13H14NO2S-. The van der Waals surface area contributed by atoms with Crippen LogP contribution in [0.3, 0.4) is 0 Å². The van der Waals surface area contributed by atoms with Gasteiger partial charge in [-0.15, -0.1) is 0 Å². The Labute approximate surface area is 105 Å². The number of carboxylic acids is 1. The number of nitrogens with zero attached hydrogens (tertiary/aromatic N) is 1. The molecule has 1 heterocycles. The van der Waals surface area contributed by atoms with Crippen molar-refractivity contribution >= 4 is 17.7 Å². The van der Waals surface area contributed by atoms with Crippen molar-refractivity contribution in [2.75, 3.05) is 0 Å². The predicted octanol–water partition coefficient (Wildman–Crippen LogP) is 1.95. The highest BCUT2D eigenvalue weighted by Gasteiger charge is 2.14. The molecule has 0 saturated carbocycles. The number of carboxylic acid groups (broad SMARTS) is 1. The number of hydrogen-bond donors (Lipinski definition) is 0. The van der Waals surface area contributed by atoms with E-state index >= 15 is 0 Å². The molecule has 0 aromatic carbocycles. The summed E-state index contributed by atoms with van der Waals surface area (Å²) in [5.41, 5.74) is 1.02. The molecular weight excluding hydrogens is 234 g/mol. The van der Waals surface area contributed by atoms with Gasteiger partial charge in [-0.1, -0.05) is 23.9 Å². The number of hydrogen-bond acceptors (Lipinski definition) is 4. The Morgan fingerprint density at radius 1 is 1.53 bits per heavy atom. The smallest absolute Gasteiger partial charge is 0.106 e. The number of thioether (sulfide) groups is 1. The second-order valence-electron chi connectivity index (χ2n) is 4.11. The Morgan fingerprint density at radius 3 is 3.00 bits per heavy atom. The van der Waals surface area contributed by atoms with E-state index in [0.29, 0.717) is 10.3 Å². The molecule has 0 fully saturated rings. The van der Waals surface area contributed by atoms with Gasteiger partial charge in [0.15, 0.2) is 0 Å². The van der Waals surface area contributed by atoms with E-state index in [1.165, 1.54) is 11.8 Å². The summed E-state index contributed by atoms with van der Waals surface area (Å²) >= 11 is 1.51. The fourth-order valence-electron chi connectivity index (χ4n) is 1.80. The molecule has 0 aliphatic heterocycles. The van der Waals surface area contributed by atoms with Gasteiger partial charge in [0.05, 0.1) is 5.97 Å². The molecule has 0 spiro atoms. The van der Waals surface area contributed by atoms with Crippen LogP contribution < -0.4 is 5.11 Å². The van der Waals surface area contributed by atoms with Crippen molar-refractivity contribution in [1.82, 2.24) is 4.98 Å². The van der Waals surface area contributed by atoms with Crippen molar-refractivity contribution in [2.45, 2.75) is 36.5 Å². The molecule has 3 nitrogen and oxygen atoms in total. The van der Waals surface area contributed by atoms with E-state index in [4.69, 9.17) is 0 Å². The topological polar surface area (TPSA) is 53.0 Å². The summed E-state index contributed by atoms with van der Waals surface area (Å²) in [4.78, 5) is 15.3. The number of aromatic nitrogens is 1. The first-order valence-corrected chi connectivity index (χ1v) is 6.57. The lowest BCUT2D eigenvalue weighted by Crippen LogP contribution is -2.23. The first kappa shape index (κ1) is 12.2. The Bertz CT molecular complexity index is 457. The third-order valence-corrected chi connectivity index (χ3v) is 3.92. The second kappa shape index (κ2) is 5.36. The zero-order valence-electron chi connectivity index (χ0n) is 9.68. The first-order chi connectivity index (χ1) is 8.16. The number of aryl methyl sites for hydroxylation is 1. The minimum Gasteiger partial charge on any atom is -0.545 e. The van der Waals surface area contributed by atoms with Crippen LogP contribution >= 0.6 is 11.8 Å². The molecule has 4 heteroatoms. The summed E-state index contributed by atoms with van der Waals surface area (Å²) in [6.07, 6.45) is 7.63. The lowest BCUT2D eigenvalue weighted by Gasteiger charge is -2.17. The molecule has 90 valence electrons. The maximum Gasteiger partial charge on any atom is 0.106 e. The van der Waals surface area contributed by atoms with Crippen molar-refractivity contribution < 1.29 is 9.90 Å². The molecule has 1 aromatic heterocycles. The van der Waals surface area contributed by atoms with E-state index in [1.54, 1.807) is 12.1 Å². The summed E-state index contributed by atoms with van der Waals surface area (Å²) in [6, 6.07) is 3.28. The molecule has 2 rings (SSSR count). The van der Waals surface area contributed by atoms with Gasteiger partial charge < -0.3 is 9.90 Å². The van der Waals surface area contributed by atoms with Gasteiger partial charge >= 0.3 is 0 Å². The third-order valence-electron chi connectivity index (χ3n) is 2.69. The Hall–Kier alpha value is -1.29. The standard InChI is InChI=1S/C13H15NO2S/c1-9-7-8-11(13(15)16)12(14-9)17-10-5-3-2-4-6-10/h3,5,7-8,10H,2,4,6H2,1H3,(H,15,16)/p-1/t10-/m1/s1. The average Bonchev–Trinajstić information content (AvgIpc) is 2.30. The van der Waals surface area contributed by atoms with Crippen LogP contribution in [0.15, 0.2) is 29.3 Å².